The van der Waals surface area contributed by atoms with Crippen molar-refractivity contribution < 1.29 is 9.13 Å². The minimum Gasteiger partial charge on any atom is -0.494 e. The maximum absolute atomic E-state index is 12.6. The van der Waals surface area contributed by atoms with E-state index < -0.39 is 0 Å². The fourth-order valence-corrected chi connectivity index (χ4v) is 0.822. The lowest BCUT2D eigenvalue weighted by molar-refractivity contribution is 0.299. The van der Waals surface area contributed by atoms with E-state index in [4.69, 9.17) is 4.74 Å². The highest BCUT2D eigenvalue weighted by Gasteiger charge is 2.00. The average Bonchev–Trinajstić information content (AvgIpc) is 2.05. The zero-order valence-corrected chi connectivity index (χ0v) is 6.88. The van der Waals surface area contributed by atoms with Crippen LogP contribution in [0.15, 0.2) is 25.0 Å². The summed E-state index contributed by atoms with van der Waals surface area (Å²) in [5, 5.41) is 0. The van der Waals surface area contributed by atoms with Crippen LogP contribution in [0.25, 0.3) is 5.76 Å². The third kappa shape index (κ3) is 2.05. The van der Waals surface area contributed by atoms with E-state index in [1.54, 1.807) is 0 Å². The number of nitrogens with zero attached hydrogens (tertiary/aromatic N) is 1. The molecule has 0 spiro atoms. The van der Waals surface area contributed by atoms with Crippen LogP contribution >= 0.6 is 0 Å². The van der Waals surface area contributed by atoms with Gasteiger partial charge in [0.2, 0.25) is 0 Å². The molecule has 0 atom stereocenters. The number of hydrogen-bond donors (Lipinski definition) is 0. The van der Waals surface area contributed by atoms with E-state index in [-0.39, 0.29) is 5.82 Å². The molecule has 2 nitrogen and oxygen atoms in total. The van der Waals surface area contributed by atoms with Crippen molar-refractivity contribution >= 4 is 5.76 Å². The van der Waals surface area contributed by atoms with Crippen LogP contribution in [-0.2, 0) is 4.74 Å². The normalized spacial score (nSPS) is 9.50. The van der Waals surface area contributed by atoms with Crippen LogP contribution in [0.4, 0.5) is 4.39 Å². The highest BCUT2D eigenvalue weighted by Crippen LogP contribution is 2.12. The topological polar surface area (TPSA) is 22.1 Å². The van der Waals surface area contributed by atoms with Gasteiger partial charge in [0.1, 0.15) is 11.6 Å². The van der Waals surface area contributed by atoms with Crippen LogP contribution in [0.1, 0.15) is 12.5 Å². The Labute approximate surface area is 70.7 Å². The van der Waals surface area contributed by atoms with Crippen LogP contribution in [0, 0.1) is 5.82 Å². The Morgan fingerprint density at radius 3 is 3.00 bits per heavy atom. The molecule has 0 bridgehead atoms. The van der Waals surface area contributed by atoms with E-state index in [9.17, 15) is 4.39 Å². The van der Waals surface area contributed by atoms with Gasteiger partial charge >= 0.3 is 0 Å². The molecular formula is C9H10FNO. The number of pyridine rings is 1. The number of rotatable bonds is 3. The predicted octanol–water partition coefficient (Wildman–Crippen LogP) is 2.23. The third-order valence-corrected chi connectivity index (χ3v) is 1.35. The standard InChI is InChI=1S/C9H10FNO/c1-3-12-7(2)8-4-9(10)6-11-5-8/h4-6H,2-3H2,1H3. The van der Waals surface area contributed by atoms with Gasteiger partial charge < -0.3 is 4.74 Å². The Morgan fingerprint density at radius 1 is 1.67 bits per heavy atom. The fraction of sp³-hybridized carbons (Fsp3) is 0.222. The largest absolute Gasteiger partial charge is 0.494 e. The van der Waals surface area contributed by atoms with Crippen molar-refractivity contribution in [2.75, 3.05) is 6.61 Å². The summed E-state index contributed by atoms with van der Waals surface area (Å²) in [6.07, 6.45) is 2.66. The molecule has 1 heterocycles. The van der Waals surface area contributed by atoms with Gasteiger partial charge in [-0.15, -0.1) is 0 Å². The van der Waals surface area contributed by atoms with Gasteiger partial charge in [-0.1, -0.05) is 6.58 Å². The van der Waals surface area contributed by atoms with Crippen molar-refractivity contribution in [3.8, 4) is 0 Å². The van der Waals surface area contributed by atoms with Gasteiger partial charge in [0.25, 0.3) is 0 Å². The Kier molecular flexibility index (Phi) is 2.80. The van der Waals surface area contributed by atoms with Crippen molar-refractivity contribution in [3.63, 3.8) is 0 Å². The summed E-state index contributed by atoms with van der Waals surface area (Å²) in [7, 11) is 0. The van der Waals surface area contributed by atoms with Crippen molar-refractivity contribution in [2.24, 2.45) is 0 Å². The maximum atomic E-state index is 12.6. The molecule has 12 heavy (non-hydrogen) atoms. The third-order valence-electron chi connectivity index (χ3n) is 1.35. The van der Waals surface area contributed by atoms with E-state index >= 15 is 0 Å². The van der Waals surface area contributed by atoms with Crippen LogP contribution in [0.3, 0.4) is 0 Å². The van der Waals surface area contributed by atoms with Crippen LogP contribution in [-0.4, -0.2) is 11.6 Å². The van der Waals surface area contributed by atoms with E-state index in [0.717, 1.165) is 6.20 Å². The van der Waals surface area contributed by atoms with Gasteiger partial charge in [0.05, 0.1) is 12.8 Å². The quantitative estimate of drug-likeness (QED) is 0.644. The molecule has 0 unspecified atom stereocenters. The monoisotopic (exact) mass is 167 g/mol. The molecule has 0 saturated carbocycles. The molecule has 64 valence electrons. The molecule has 0 N–H and O–H groups in total. The van der Waals surface area contributed by atoms with Crippen molar-refractivity contribution in [2.45, 2.75) is 6.92 Å². The minimum atomic E-state index is -0.381. The molecule has 3 heteroatoms. The highest BCUT2D eigenvalue weighted by molar-refractivity contribution is 5.55. The molecule has 0 saturated heterocycles. The van der Waals surface area contributed by atoms with Gasteiger partial charge in [-0.05, 0) is 13.0 Å². The molecule has 1 aromatic heterocycles. The lowest BCUT2D eigenvalue weighted by Crippen LogP contribution is -1.91. The molecule has 1 rings (SSSR count). The molecule has 0 aliphatic rings. The molecule has 0 aliphatic carbocycles. The molecule has 0 aromatic carbocycles. The average molecular weight is 167 g/mol. The van der Waals surface area contributed by atoms with Crippen molar-refractivity contribution in [3.05, 3.63) is 36.4 Å². The predicted molar refractivity (Wildman–Crippen MR) is 44.9 cm³/mol. The molecular weight excluding hydrogens is 157 g/mol. The summed E-state index contributed by atoms with van der Waals surface area (Å²) in [5.74, 6) is 0.0675. The van der Waals surface area contributed by atoms with Gasteiger partial charge in [0, 0.05) is 11.8 Å². The summed E-state index contributed by atoms with van der Waals surface area (Å²) in [4.78, 5) is 3.67. The SMILES string of the molecule is C=C(OCC)c1cncc(F)c1. The van der Waals surface area contributed by atoms with Crippen LogP contribution in [0.2, 0.25) is 0 Å². The molecule has 1 aromatic rings. The van der Waals surface area contributed by atoms with E-state index in [0.29, 0.717) is 17.9 Å². The molecule has 0 amide bonds. The summed E-state index contributed by atoms with van der Waals surface area (Å²) in [5.41, 5.74) is 0.580. The smallest absolute Gasteiger partial charge is 0.142 e. The van der Waals surface area contributed by atoms with E-state index in [1.165, 1.54) is 12.3 Å². The Balaban J connectivity index is 2.81. The van der Waals surface area contributed by atoms with Crippen LogP contribution < -0.4 is 0 Å². The molecule has 0 radical (unpaired) electrons. The lowest BCUT2D eigenvalue weighted by atomic mass is 10.2. The second-order valence-corrected chi connectivity index (χ2v) is 2.25. The number of halogens is 1. The first-order valence-electron chi connectivity index (χ1n) is 3.66. The molecule has 0 aliphatic heterocycles. The summed E-state index contributed by atoms with van der Waals surface area (Å²) < 4.78 is 17.7. The van der Waals surface area contributed by atoms with E-state index in [1.807, 2.05) is 6.92 Å². The maximum Gasteiger partial charge on any atom is 0.142 e. The first-order chi connectivity index (χ1) is 5.74. The summed E-state index contributed by atoms with van der Waals surface area (Å²) >= 11 is 0. The van der Waals surface area contributed by atoms with E-state index in [2.05, 4.69) is 11.6 Å². The zero-order valence-electron chi connectivity index (χ0n) is 6.88. The number of aromatic nitrogens is 1. The van der Waals surface area contributed by atoms with Gasteiger partial charge in [-0.3, -0.25) is 4.98 Å². The lowest BCUT2D eigenvalue weighted by Gasteiger charge is -2.05. The number of ether oxygens (including phenoxy) is 1. The van der Waals surface area contributed by atoms with Crippen LogP contribution in [0.5, 0.6) is 0 Å². The second kappa shape index (κ2) is 3.85. The highest BCUT2D eigenvalue weighted by atomic mass is 19.1. The molecule has 0 fully saturated rings. The minimum absolute atomic E-state index is 0.381. The Morgan fingerprint density at radius 2 is 2.42 bits per heavy atom. The first kappa shape index (κ1) is 8.71. The van der Waals surface area contributed by atoms with Gasteiger partial charge in [0.15, 0.2) is 0 Å². The number of hydrogen-bond acceptors (Lipinski definition) is 2. The second-order valence-electron chi connectivity index (χ2n) is 2.25. The van der Waals surface area contributed by atoms with Crippen molar-refractivity contribution in [1.29, 1.82) is 0 Å². The summed E-state index contributed by atoms with van der Waals surface area (Å²) in [6.45, 7) is 6.00. The summed E-state index contributed by atoms with van der Waals surface area (Å²) in [6, 6.07) is 1.34. The zero-order chi connectivity index (χ0) is 8.97. The first-order valence-corrected chi connectivity index (χ1v) is 3.66. The fourth-order valence-electron chi connectivity index (χ4n) is 0.822. The van der Waals surface area contributed by atoms with Gasteiger partial charge in [-0.25, -0.2) is 4.39 Å². The Hall–Kier alpha value is -1.38. The Bertz CT molecular complexity index is 286. The van der Waals surface area contributed by atoms with Crippen molar-refractivity contribution in [1.82, 2.24) is 4.98 Å². The van der Waals surface area contributed by atoms with Gasteiger partial charge in [-0.2, -0.15) is 0 Å².